The van der Waals surface area contributed by atoms with E-state index in [2.05, 4.69) is 6.92 Å². The second kappa shape index (κ2) is 5.96. The normalized spacial score (nSPS) is 13.6. The lowest BCUT2D eigenvalue weighted by Gasteiger charge is -2.09. The number of hydrogen-bond donors (Lipinski definition) is 0. The molecule has 0 saturated heterocycles. The van der Waals surface area contributed by atoms with Gasteiger partial charge in [0, 0.05) is 5.97 Å². The highest BCUT2D eigenvalue weighted by molar-refractivity contribution is 5.66. The maximum Gasteiger partial charge on any atom is 0.0442 e. The Labute approximate surface area is 67.9 Å². The van der Waals surface area contributed by atoms with Crippen molar-refractivity contribution < 1.29 is 9.90 Å². The second-order valence-corrected chi connectivity index (χ2v) is 2.68. The Balaban J connectivity index is 3.38. The van der Waals surface area contributed by atoms with Crippen molar-refractivity contribution in [1.82, 2.24) is 0 Å². The van der Waals surface area contributed by atoms with Crippen LogP contribution in [0.2, 0.25) is 0 Å². The fourth-order valence-corrected chi connectivity index (χ4v) is 0.749. The standard InChI is InChI=1S/C9H16O2/c1-3-4-5-6-7-8(2)9(10)11/h4-5,8H,3,6-7H2,1-2H3,(H,10,11)/p-1. The molecule has 0 spiro atoms. The Bertz CT molecular complexity index is 138. The number of carbonyl (C=O) groups is 1. The van der Waals surface area contributed by atoms with Crippen LogP contribution in [0.5, 0.6) is 0 Å². The van der Waals surface area contributed by atoms with Gasteiger partial charge in [0.15, 0.2) is 0 Å². The van der Waals surface area contributed by atoms with E-state index in [0.29, 0.717) is 6.42 Å². The predicted octanol–water partition coefficient (Wildman–Crippen LogP) is 1.12. The highest BCUT2D eigenvalue weighted by atomic mass is 16.4. The maximum atomic E-state index is 10.2. The third kappa shape index (κ3) is 5.64. The molecule has 0 aromatic rings. The minimum absolute atomic E-state index is 0.323. The number of rotatable bonds is 5. The van der Waals surface area contributed by atoms with E-state index < -0.39 is 5.97 Å². The van der Waals surface area contributed by atoms with Gasteiger partial charge in [-0.3, -0.25) is 0 Å². The van der Waals surface area contributed by atoms with Crippen LogP contribution in [0.25, 0.3) is 0 Å². The van der Waals surface area contributed by atoms with Gasteiger partial charge in [0.1, 0.15) is 0 Å². The summed E-state index contributed by atoms with van der Waals surface area (Å²) in [5.41, 5.74) is 0. The van der Waals surface area contributed by atoms with Crippen LogP contribution >= 0.6 is 0 Å². The molecule has 2 heteroatoms. The van der Waals surface area contributed by atoms with Gasteiger partial charge in [-0.15, -0.1) is 0 Å². The van der Waals surface area contributed by atoms with E-state index in [1.54, 1.807) is 6.92 Å². The summed E-state index contributed by atoms with van der Waals surface area (Å²) in [6.45, 7) is 3.73. The lowest BCUT2D eigenvalue weighted by Crippen LogP contribution is -2.29. The summed E-state index contributed by atoms with van der Waals surface area (Å²) in [4.78, 5) is 10.2. The zero-order chi connectivity index (χ0) is 8.69. The Hall–Kier alpha value is -0.790. The number of allylic oxidation sites excluding steroid dienone is 2. The van der Waals surface area contributed by atoms with Crippen molar-refractivity contribution in [3.63, 3.8) is 0 Å². The van der Waals surface area contributed by atoms with E-state index in [9.17, 15) is 9.90 Å². The Morgan fingerprint density at radius 3 is 2.64 bits per heavy atom. The van der Waals surface area contributed by atoms with Crippen LogP contribution in [-0.2, 0) is 4.79 Å². The van der Waals surface area contributed by atoms with Gasteiger partial charge in [-0.1, -0.05) is 26.0 Å². The number of aliphatic carboxylic acids is 1. The Morgan fingerprint density at radius 1 is 1.55 bits per heavy atom. The van der Waals surface area contributed by atoms with Gasteiger partial charge in [-0.2, -0.15) is 0 Å². The van der Waals surface area contributed by atoms with Crippen molar-refractivity contribution >= 4 is 5.97 Å². The van der Waals surface area contributed by atoms with Gasteiger partial charge in [0.2, 0.25) is 0 Å². The third-order valence-corrected chi connectivity index (χ3v) is 1.57. The van der Waals surface area contributed by atoms with Crippen molar-refractivity contribution in [2.75, 3.05) is 0 Å². The molecule has 11 heavy (non-hydrogen) atoms. The summed E-state index contributed by atoms with van der Waals surface area (Å²) < 4.78 is 0. The first-order valence-electron chi connectivity index (χ1n) is 4.04. The summed E-state index contributed by atoms with van der Waals surface area (Å²) in [6, 6.07) is 0. The molecule has 0 fully saturated rings. The van der Waals surface area contributed by atoms with Gasteiger partial charge in [-0.25, -0.2) is 0 Å². The van der Waals surface area contributed by atoms with Gasteiger partial charge >= 0.3 is 0 Å². The van der Waals surface area contributed by atoms with E-state index in [1.165, 1.54) is 0 Å². The summed E-state index contributed by atoms with van der Waals surface area (Å²) in [7, 11) is 0. The molecular weight excluding hydrogens is 140 g/mol. The first-order chi connectivity index (χ1) is 5.18. The fraction of sp³-hybridized carbons (Fsp3) is 0.667. The fourth-order valence-electron chi connectivity index (χ4n) is 0.749. The zero-order valence-electron chi connectivity index (χ0n) is 7.17. The van der Waals surface area contributed by atoms with Crippen LogP contribution < -0.4 is 5.11 Å². The van der Waals surface area contributed by atoms with Crippen molar-refractivity contribution in [1.29, 1.82) is 0 Å². The number of carbonyl (C=O) groups excluding carboxylic acids is 1. The molecule has 0 rings (SSSR count). The van der Waals surface area contributed by atoms with Crippen molar-refractivity contribution in [2.24, 2.45) is 5.92 Å². The molecule has 0 aliphatic carbocycles. The van der Waals surface area contributed by atoms with E-state index in [0.717, 1.165) is 12.8 Å². The molecule has 0 saturated carbocycles. The van der Waals surface area contributed by atoms with Gasteiger partial charge in [-0.05, 0) is 25.2 Å². The van der Waals surface area contributed by atoms with Crippen LogP contribution in [0.1, 0.15) is 33.1 Å². The van der Waals surface area contributed by atoms with E-state index in [4.69, 9.17) is 0 Å². The summed E-state index contributed by atoms with van der Waals surface area (Å²) >= 11 is 0. The minimum atomic E-state index is -0.949. The molecule has 64 valence electrons. The highest BCUT2D eigenvalue weighted by Gasteiger charge is 1.99. The van der Waals surface area contributed by atoms with Crippen molar-refractivity contribution in [3.05, 3.63) is 12.2 Å². The molecule has 2 nitrogen and oxygen atoms in total. The van der Waals surface area contributed by atoms with Crippen molar-refractivity contribution in [3.8, 4) is 0 Å². The van der Waals surface area contributed by atoms with Gasteiger partial charge in [0.05, 0.1) is 0 Å². The first kappa shape index (κ1) is 10.2. The lowest BCUT2D eigenvalue weighted by molar-refractivity contribution is -0.311. The predicted molar refractivity (Wildman–Crippen MR) is 42.8 cm³/mol. The first-order valence-corrected chi connectivity index (χ1v) is 4.04. The second-order valence-electron chi connectivity index (χ2n) is 2.68. The molecule has 1 atom stereocenters. The zero-order valence-corrected chi connectivity index (χ0v) is 7.17. The Morgan fingerprint density at radius 2 is 2.18 bits per heavy atom. The molecule has 0 aliphatic rings. The number of carboxylic acids is 1. The SMILES string of the molecule is CCC=CCCC(C)C(=O)[O-]. The van der Waals surface area contributed by atoms with Crippen LogP contribution in [0, 0.1) is 5.92 Å². The Kier molecular flexibility index (Phi) is 5.53. The van der Waals surface area contributed by atoms with Gasteiger partial charge < -0.3 is 9.90 Å². The minimum Gasteiger partial charge on any atom is -0.550 e. The van der Waals surface area contributed by atoms with Gasteiger partial charge in [0.25, 0.3) is 0 Å². The summed E-state index contributed by atoms with van der Waals surface area (Å²) in [6.07, 6.45) is 6.59. The molecular formula is C9H15O2-. The van der Waals surface area contributed by atoms with Crippen LogP contribution in [0.3, 0.4) is 0 Å². The van der Waals surface area contributed by atoms with E-state index in [1.807, 2.05) is 12.2 Å². The third-order valence-electron chi connectivity index (χ3n) is 1.57. The lowest BCUT2D eigenvalue weighted by atomic mass is 10.1. The van der Waals surface area contributed by atoms with E-state index in [-0.39, 0.29) is 5.92 Å². The molecule has 0 heterocycles. The molecule has 0 aromatic carbocycles. The monoisotopic (exact) mass is 155 g/mol. The molecule has 0 bridgehead atoms. The average Bonchev–Trinajstić information content (AvgIpc) is 1.97. The van der Waals surface area contributed by atoms with Crippen LogP contribution in [-0.4, -0.2) is 5.97 Å². The summed E-state index contributed by atoms with van der Waals surface area (Å²) in [5, 5.41) is 10.2. The van der Waals surface area contributed by atoms with Crippen LogP contribution in [0.15, 0.2) is 12.2 Å². The maximum absolute atomic E-state index is 10.2. The smallest absolute Gasteiger partial charge is 0.0442 e. The topological polar surface area (TPSA) is 40.1 Å². The largest absolute Gasteiger partial charge is 0.550 e. The molecule has 0 radical (unpaired) electrons. The number of carboxylic acid groups (broad SMARTS) is 1. The molecule has 0 amide bonds. The molecule has 1 unspecified atom stereocenters. The molecule has 0 aromatic heterocycles. The van der Waals surface area contributed by atoms with Crippen molar-refractivity contribution in [2.45, 2.75) is 33.1 Å². The summed E-state index contributed by atoms with van der Waals surface area (Å²) in [5.74, 6) is -1.27. The van der Waals surface area contributed by atoms with E-state index >= 15 is 0 Å². The molecule has 0 aliphatic heterocycles. The van der Waals surface area contributed by atoms with Crippen LogP contribution in [0.4, 0.5) is 0 Å². The molecule has 0 N–H and O–H groups in total. The quantitative estimate of drug-likeness (QED) is 0.558. The average molecular weight is 155 g/mol. The highest BCUT2D eigenvalue weighted by Crippen LogP contribution is 2.04. The number of hydrogen-bond acceptors (Lipinski definition) is 2.